The van der Waals surface area contributed by atoms with Gasteiger partial charge in [0.05, 0.1) is 37.2 Å². The molecule has 1 aliphatic rings. The zero-order valence-corrected chi connectivity index (χ0v) is 13.3. The maximum Gasteiger partial charge on any atom is 0.225 e. The summed E-state index contributed by atoms with van der Waals surface area (Å²) in [5, 5.41) is 7.10. The fourth-order valence-electron chi connectivity index (χ4n) is 3.02. The Labute approximate surface area is 138 Å². The third-order valence-electron chi connectivity index (χ3n) is 4.34. The molecule has 0 bridgehead atoms. The first kappa shape index (κ1) is 14.7. The minimum absolute atomic E-state index is 0.0224. The van der Waals surface area contributed by atoms with E-state index in [1.807, 2.05) is 18.2 Å². The van der Waals surface area contributed by atoms with Gasteiger partial charge >= 0.3 is 0 Å². The van der Waals surface area contributed by atoms with Crippen LogP contribution in [0.1, 0.15) is 18.1 Å². The number of imidazole rings is 1. The zero-order valence-electron chi connectivity index (χ0n) is 13.3. The number of carbonyl (C=O) groups excluding carboxylic acids is 1. The molecule has 0 saturated carbocycles. The molecule has 1 unspecified atom stereocenters. The van der Waals surface area contributed by atoms with E-state index in [0.29, 0.717) is 13.1 Å². The molecule has 1 aliphatic heterocycles. The second kappa shape index (κ2) is 5.95. The lowest BCUT2D eigenvalue weighted by Gasteiger charge is -2.21. The van der Waals surface area contributed by atoms with E-state index < -0.39 is 0 Å². The monoisotopic (exact) mass is 326 g/mol. The van der Waals surface area contributed by atoms with Crippen LogP contribution in [0.3, 0.4) is 0 Å². The minimum Gasteiger partial charge on any atom is -0.497 e. The van der Waals surface area contributed by atoms with E-state index in [2.05, 4.69) is 25.4 Å². The Balaban J connectivity index is 1.40. The molecule has 0 fully saturated rings. The van der Waals surface area contributed by atoms with Crippen molar-refractivity contribution in [3.8, 4) is 5.75 Å². The second-order valence-electron chi connectivity index (χ2n) is 5.88. The van der Waals surface area contributed by atoms with Crippen molar-refractivity contribution in [2.75, 3.05) is 7.11 Å². The summed E-state index contributed by atoms with van der Waals surface area (Å²) in [5.41, 5.74) is 1.74. The molecule has 0 saturated heterocycles. The molecule has 0 spiro atoms. The third-order valence-corrected chi connectivity index (χ3v) is 4.34. The van der Waals surface area contributed by atoms with Crippen molar-refractivity contribution in [1.29, 1.82) is 0 Å². The fourth-order valence-corrected chi connectivity index (χ4v) is 3.02. The molecular formula is C16H18N6O2. The van der Waals surface area contributed by atoms with Crippen molar-refractivity contribution in [3.05, 3.63) is 36.2 Å². The van der Waals surface area contributed by atoms with Crippen molar-refractivity contribution in [1.82, 2.24) is 30.0 Å². The van der Waals surface area contributed by atoms with Crippen LogP contribution in [-0.4, -0.2) is 37.7 Å². The summed E-state index contributed by atoms with van der Waals surface area (Å²) in [7, 11) is 1.63. The maximum absolute atomic E-state index is 12.4. The summed E-state index contributed by atoms with van der Waals surface area (Å²) >= 11 is 0. The molecule has 0 aliphatic carbocycles. The smallest absolute Gasteiger partial charge is 0.225 e. The van der Waals surface area contributed by atoms with Crippen LogP contribution >= 0.6 is 0 Å². The lowest BCUT2D eigenvalue weighted by Crippen LogP contribution is -2.36. The summed E-state index contributed by atoms with van der Waals surface area (Å²) in [6, 6.07) is 5.65. The maximum atomic E-state index is 12.4. The van der Waals surface area contributed by atoms with Crippen molar-refractivity contribution in [2.45, 2.75) is 25.9 Å². The number of methoxy groups -OCH3 is 1. The second-order valence-corrected chi connectivity index (χ2v) is 5.88. The molecule has 0 radical (unpaired) electrons. The Kier molecular flexibility index (Phi) is 3.64. The quantitative estimate of drug-likeness (QED) is 0.746. The van der Waals surface area contributed by atoms with Gasteiger partial charge in [-0.1, -0.05) is 0 Å². The van der Waals surface area contributed by atoms with E-state index in [-0.39, 0.29) is 11.8 Å². The highest BCUT2D eigenvalue weighted by molar-refractivity contribution is 5.79. The van der Waals surface area contributed by atoms with Gasteiger partial charge in [0.25, 0.3) is 0 Å². The number of ether oxygens (including phenoxy) is 1. The van der Waals surface area contributed by atoms with Gasteiger partial charge in [-0.3, -0.25) is 4.79 Å². The lowest BCUT2D eigenvalue weighted by atomic mass is 9.99. The molecule has 2 aromatic heterocycles. The first-order valence-electron chi connectivity index (χ1n) is 7.90. The number of nitrogens with zero attached hydrogens (tertiary/aromatic N) is 4. The largest absolute Gasteiger partial charge is 0.497 e. The van der Waals surface area contributed by atoms with Crippen LogP contribution in [0, 0.1) is 5.92 Å². The van der Waals surface area contributed by atoms with E-state index in [1.54, 1.807) is 11.8 Å². The van der Waals surface area contributed by atoms with Crippen LogP contribution in [-0.2, 0) is 24.3 Å². The van der Waals surface area contributed by atoms with Crippen LogP contribution < -0.4 is 10.1 Å². The Morgan fingerprint density at radius 3 is 3.29 bits per heavy atom. The SMILES string of the molecule is COc1ccc2nc(CNC(=O)C3CCc4ncnn4C3)[nH]c2c1. The molecular weight excluding hydrogens is 308 g/mol. The summed E-state index contributed by atoms with van der Waals surface area (Å²) in [4.78, 5) is 24.2. The van der Waals surface area contributed by atoms with Crippen molar-refractivity contribution >= 4 is 16.9 Å². The van der Waals surface area contributed by atoms with Gasteiger partial charge in [-0.15, -0.1) is 0 Å². The summed E-state index contributed by atoms with van der Waals surface area (Å²) in [6.45, 7) is 0.953. The lowest BCUT2D eigenvalue weighted by molar-refractivity contribution is -0.126. The van der Waals surface area contributed by atoms with Gasteiger partial charge in [0.15, 0.2) is 0 Å². The van der Waals surface area contributed by atoms with Gasteiger partial charge in [0.2, 0.25) is 5.91 Å². The fraction of sp³-hybridized carbons (Fsp3) is 0.375. The number of aromatic amines is 1. The topological polar surface area (TPSA) is 97.7 Å². The molecule has 8 nitrogen and oxygen atoms in total. The molecule has 3 aromatic rings. The number of aryl methyl sites for hydroxylation is 1. The van der Waals surface area contributed by atoms with Gasteiger partial charge in [-0.05, 0) is 18.6 Å². The van der Waals surface area contributed by atoms with E-state index in [1.165, 1.54) is 6.33 Å². The average molecular weight is 326 g/mol. The zero-order chi connectivity index (χ0) is 16.5. The Morgan fingerprint density at radius 2 is 2.42 bits per heavy atom. The number of benzene rings is 1. The molecule has 1 atom stereocenters. The van der Waals surface area contributed by atoms with Crippen LogP contribution in [0.2, 0.25) is 0 Å². The van der Waals surface area contributed by atoms with Crippen LogP contribution in [0.25, 0.3) is 11.0 Å². The number of rotatable bonds is 4. The average Bonchev–Trinajstić information content (AvgIpc) is 3.24. The Morgan fingerprint density at radius 1 is 1.50 bits per heavy atom. The molecule has 1 aromatic carbocycles. The van der Waals surface area contributed by atoms with Crippen LogP contribution in [0.4, 0.5) is 0 Å². The first-order chi connectivity index (χ1) is 11.7. The standard InChI is InChI=1S/C16H18N6O2/c1-24-11-3-4-12-13(6-11)21-14(20-12)7-17-16(23)10-2-5-15-18-9-19-22(15)8-10/h3-4,6,9-10H,2,5,7-8H2,1H3,(H,17,23)(H,20,21). The van der Waals surface area contributed by atoms with Crippen molar-refractivity contribution in [3.63, 3.8) is 0 Å². The molecule has 8 heteroatoms. The highest BCUT2D eigenvalue weighted by Crippen LogP contribution is 2.19. The molecule has 3 heterocycles. The number of nitrogens with one attached hydrogen (secondary N) is 2. The summed E-state index contributed by atoms with van der Waals surface area (Å²) in [5.74, 6) is 2.39. The highest BCUT2D eigenvalue weighted by Gasteiger charge is 2.25. The number of fused-ring (bicyclic) bond motifs is 2. The van der Waals surface area contributed by atoms with E-state index in [4.69, 9.17) is 4.74 Å². The predicted molar refractivity (Wildman–Crippen MR) is 86.3 cm³/mol. The number of hydrogen-bond donors (Lipinski definition) is 2. The van der Waals surface area contributed by atoms with Gasteiger partial charge in [0, 0.05) is 12.5 Å². The molecule has 124 valence electrons. The normalized spacial score (nSPS) is 16.8. The predicted octanol–water partition coefficient (Wildman–Crippen LogP) is 1.04. The van der Waals surface area contributed by atoms with Crippen molar-refractivity contribution in [2.24, 2.45) is 5.92 Å². The molecule has 2 N–H and O–H groups in total. The Bertz CT molecular complexity index is 884. The summed E-state index contributed by atoms with van der Waals surface area (Å²) < 4.78 is 7.01. The van der Waals surface area contributed by atoms with Gasteiger partial charge < -0.3 is 15.0 Å². The van der Waals surface area contributed by atoms with Gasteiger partial charge in [-0.25, -0.2) is 14.6 Å². The number of amides is 1. The minimum atomic E-state index is -0.0799. The van der Waals surface area contributed by atoms with E-state index >= 15 is 0 Å². The molecule has 1 amide bonds. The molecule has 24 heavy (non-hydrogen) atoms. The van der Waals surface area contributed by atoms with Crippen LogP contribution in [0.5, 0.6) is 5.75 Å². The van der Waals surface area contributed by atoms with Crippen molar-refractivity contribution < 1.29 is 9.53 Å². The van der Waals surface area contributed by atoms with E-state index in [9.17, 15) is 4.79 Å². The highest BCUT2D eigenvalue weighted by atomic mass is 16.5. The van der Waals surface area contributed by atoms with Crippen LogP contribution in [0.15, 0.2) is 24.5 Å². The third kappa shape index (κ3) is 2.70. The van der Waals surface area contributed by atoms with Gasteiger partial charge in [-0.2, -0.15) is 5.10 Å². The molecule has 4 rings (SSSR count). The number of H-pyrrole nitrogens is 1. The number of aromatic nitrogens is 5. The van der Waals surface area contributed by atoms with Gasteiger partial charge in [0.1, 0.15) is 23.7 Å². The number of carbonyl (C=O) groups is 1. The Hall–Kier alpha value is -2.90. The first-order valence-corrected chi connectivity index (χ1v) is 7.90. The summed E-state index contributed by atoms with van der Waals surface area (Å²) in [6.07, 6.45) is 3.11. The van der Waals surface area contributed by atoms with E-state index in [0.717, 1.165) is 41.3 Å². The number of hydrogen-bond acceptors (Lipinski definition) is 5.